The number of piperidine rings is 1. The van der Waals surface area contributed by atoms with Gasteiger partial charge in [0.05, 0.1) is 18.0 Å². The van der Waals surface area contributed by atoms with Crippen LogP contribution in [0.15, 0.2) is 48.5 Å². The number of anilines is 1. The van der Waals surface area contributed by atoms with Gasteiger partial charge in [-0.25, -0.2) is 14.0 Å². The summed E-state index contributed by atoms with van der Waals surface area (Å²) in [4.78, 5) is 35.0. The summed E-state index contributed by atoms with van der Waals surface area (Å²) in [5.74, 6) is -0.608. The number of hydroxylamine groups is 2. The lowest BCUT2D eigenvalue weighted by molar-refractivity contribution is -0.206. The van der Waals surface area contributed by atoms with E-state index in [2.05, 4.69) is 0 Å². The fraction of sp³-hybridized carbons (Fsp3) is 0.440. The van der Waals surface area contributed by atoms with Gasteiger partial charge in [-0.3, -0.25) is 4.90 Å². The number of nitrogens with zero attached hydrogens (tertiary/aromatic N) is 3. The number of halogens is 2. The summed E-state index contributed by atoms with van der Waals surface area (Å²) in [5, 5.41) is 2.31. The molecule has 0 aliphatic carbocycles. The molecule has 4 rings (SSSR count). The molecule has 2 aliphatic rings. The van der Waals surface area contributed by atoms with Gasteiger partial charge in [0.15, 0.2) is 0 Å². The van der Waals surface area contributed by atoms with Crippen LogP contribution < -0.4 is 4.90 Å². The molecule has 8 heteroatoms. The van der Waals surface area contributed by atoms with Crippen LogP contribution in [0.25, 0.3) is 0 Å². The molecule has 2 saturated heterocycles. The third-order valence-corrected chi connectivity index (χ3v) is 6.39. The zero-order chi connectivity index (χ0) is 23.8. The van der Waals surface area contributed by atoms with E-state index in [9.17, 15) is 14.0 Å². The first-order valence-corrected chi connectivity index (χ1v) is 11.6. The van der Waals surface area contributed by atoms with E-state index >= 15 is 0 Å². The van der Waals surface area contributed by atoms with E-state index in [1.165, 1.54) is 12.1 Å². The average Bonchev–Trinajstić information content (AvgIpc) is 3.11. The van der Waals surface area contributed by atoms with Crippen molar-refractivity contribution in [3.8, 4) is 0 Å². The van der Waals surface area contributed by atoms with Gasteiger partial charge in [-0.15, -0.1) is 5.06 Å². The highest BCUT2D eigenvalue weighted by Gasteiger charge is 2.44. The Bertz CT molecular complexity index is 1020. The van der Waals surface area contributed by atoms with Crippen molar-refractivity contribution in [3.05, 3.63) is 64.9 Å². The van der Waals surface area contributed by atoms with Crippen LogP contribution in [0, 0.1) is 11.2 Å². The zero-order valence-electron chi connectivity index (χ0n) is 19.1. The van der Waals surface area contributed by atoms with Crippen molar-refractivity contribution in [3.63, 3.8) is 0 Å². The van der Waals surface area contributed by atoms with E-state index in [1.54, 1.807) is 22.1 Å². The molecule has 176 valence electrons. The Morgan fingerprint density at radius 1 is 1.09 bits per heavy atom. The molecule has 0 radical (unpaired) electrons. The first-order valence-electron chi connectivity index (χ1n) is 11.2. The summed E-state index contributed by atoms with van der Waals surface area (Å²) in [6, 6.07) is 13.2. The first kappa shape index (κ1) is 23.5. The van der Waals surface area contributed by atoms with E-state index < -0.39 is 5.41 Å². The van der Waals surface area contributed by atoms with E-state index in [-0.39, 0.29) is 29.9 Å². The summed E-state index contributed by atoms with van der Waals surface area (Å²) < 4.78 is 13.5. The molecule has 2 aliphatic heterocycles. The lowest BCUT2D eigenvalue weighted by atomic mass is 9.97. The molecule has 2 fully saturated rings. The molecule has 2 aromatic carbocycles. The van der Waals surface area contributed by atoms with Crippen LogP contribution in [0.1, 0.15) is 45.2 Å². The van der Waals surface area contributed by atoms with E-state index in [0.29, 0.717) is 43.2 Å². The van der Waals surface area contributed by atoms with Crippen molar-refractivity contribution < 1.29 is 18.8 Å². The molecule has 1 atom stereocenters. The Kier molecular flexibility index (Phi) is 6.64. The minimum atomic E-state index is -0.574. The first-order chi connectivity index (χ1) is 15.6. The molecule has 2 aromatic rings. The topological polar surface area (TPSA) is 53.1 Å². The number of hydrogen-bond acceptors (Lipinski definition) is 4. The Morgan fingerprint density at radius 3 is 2.36 bits per heavy atom. The smallest absolute Gasteiger partial charge is 0.330 e. The van der Waals surface area contributed by atoms with Crippen molar-refractivity contribution >= 4 is 29.3 Å². The van der Waals surface area contributed by atoms with Gasteiger partial charge in [-0.2, -0.15) is 0 Å². The Hall–Kier alpha value is -2.64. The van der Waals surface area contributed by atoms with Gasteiger partial charge in [-0.05, 0) is 75.6 Å². The molecule has 0 bridgehead atoms. The molecule has 0 saturated carbocycles. The maximum absolute atomic E-state index is 13.6. The van der Waals surface area contributed by atoms with Crippen LogP contribution in [-0.2, 0) is 9.63 Å². The normalized spacial score (nSPS) is 20.4. The van der Waals surface area contributed by atoms with Crippen LogP contribution in [0.4, 0.5) is 14.9 Å². The van der Waals surface area contributed by atoms with Crippen molar-refractivity contribution in [2.45, 2.75) is 45.7 Å². The number of rotatable bonds is 4. The second-order valence-electron chi connectivity index (χ2n) is 9.64. The largest absolute Gasteiger partial charge is 0.367 e. The van der Waals surface area contributed by atoms with Crippen molar-refractivity contribution in [1.29, 1.82) is 0 Å². The molecular formula is C25H29ClFN3O3. The summed E-state index contributed by atoms with van der Waals surface area (Å²) in [7, 11) is 0. The maximum atomic E-state index is 13.6. The van der Waals surface area contributed by atoms with Gasteiger partial charge in [0.2, 0.25) is 0 Å². The van der Waals surface area contributed by atoms with Crippen molar-refractivity contribution in [2.75, 3.05) is 24.5 Å². The lowest BCUT2D eigenvalue weighted by Gasteiger charge is -2.38. The monoisotopic (exact) mass is 473 g/mol. The molecule has 6 nitrogen and oxygen atoms in total. The molecule has 0 N–H and O–H groups in total. The summed E-state index contributed by atoms with van der Waals surface area (Å²) >= 11 is 6.25. The third-order valence-electron chi connectivity index (χ3n) is 6.16. The fourth-order valence-electron chi connectivity index (χ4n) is 4.30. The number of carbonyl (C=O) groups excluding carboxylic acids is 2. The predicted molar refractivity (Wildman–Crippen MR) is 125 cm³/mol. The Balaban J connectivity index is 1.54. The van der Waals surface area contributed by atoms with Gasteiger partial charge in [-0.1, -0.05) is 23.7 Å². The zero-order valence-corrected chi connectivity index (χ0v) is 19.9. The summed E-state index contributed by atoms with van der Waals surface area (Å²) in [5.41, 5.74) is 1.05. The van der Waals surface area contributed by atoms with Crippen LogP contribution in [0.2, 0.25) is 5.02 Å². The highest BCUT2D eigenvalue weighted by molar-refractivity contribution is 6.30. The second kappa shape index (κ2) is 9.31. The van der Waals surface area contributed by atoms with Gasteiger partial charge >= 0.3 is 12.0 Å². The van der Waals surface area contributed by atoms with Crippen LogP contribution >= 0.6 is 11.6 Å². The molecule has 2 amide bonds. The molecule has 2 heterocycles. The third kappa shape index (κ3) is 5.14. The van der Waals surface area contributed by atoms with Gasteiger partial charge in [0, 0.05) is 29.8 Å². The van der Waals surface area contributed by atoms with E-state index in [4.69, 9.17) is 16.4 Å². The quantitative estimate of drug-likeness (QED) is 0.594. The number of hydrogen-bond donors (Lipinski definition) is 0. The second-order valence-corrected chi connectivity index (χ2v) is 10.1. The standard InChI is InChI=1S/C25H29ClFN3O3/c1-25(2,3)23(31)33-28-13-11-21(12-14-28)30-22(17-5-4-6-18(26)15-17)16-29(24(30)32)20-9-7-19(27)8-10-20/h4-10,15,21-22H,11-14,16H2,1-3H3. The molecule has 0 spiro atoms. The number of benzene rings is 2. The minimum absolute atomic E-state index is 0.0171. The maximum Gasteiger partial charge on any atom is 0.330 e. The lowest BCUT2D eigenvalue weighted by Crippen LogP contribution is -2.48. The van der Waals surface area contributed by atoms with Gasteiger partial charge < -0.3 is 9.74 Å². The molecular weight excluding hydrogens is 445 g/mol. The molecule has 0 aromatic heterocycles. The van der Waals surface area contributed by atoms with Crippen LogP contribution in [-0.4, -0.2) is 47.6 Å². The van der Waals surface area contributed by atoms with Crippen LogP contribution in [0.3, 0.4) is 0 Å². The van der Waals surface area contributed by atoms with Crippen molar-refractivity contribution in [2.24, 2.45) is 5.41 Å². The van der Waals surface area contributed by atoms with Gasteiger partial charge in [0.25, 0.3) is 0 Å². The Labute approximate surface area is 198 Å². The molecule has 1 unspecified atom stereocenters. The van der Waals surface area contributed by atoms with Crippen LogP contribution in [0.5, 0.6) is 0 Å². The average molecular weight is 474 g/mol. The van der Waals surface area contributed by atoms with Gasteiger partial charge in [0.1, 0.15) is 5.82 Å². The number of urea groups is 1. The summed E-state index contributed by atoms with van der Waals surface area (Å²) in [6.45, 7) is 7.02. The van der Waals surface area contributed by atoms with E-state index in [0.717, 1.165) is 5.56 Å². The predicted octanol–water partition coefficient (Wildman–Crippen LogP) is 5.43. The SMILES string of the molecule is CC(C)(C)C(=O)ON1CCC(N2C(=O)N(c3ccc(F)cc3)CC2c2cccc(Cl)c2)CC1. The highest BCUT2D eigenvalue weighted by Crippen LogP contribution is 2.37. The fourth-order valence-corrected chi connectivity index (χ4v) is 4.50. The van der Waals surface area contributed by atoms with E-state index in [1.807, 2.05) is 49.9 Å². The minimum Gasteiger partial charge on any atom is -0.367 e. The molecule has 33 heavy (non-hydrogen) atoms. The summed E-state index contributed by atoms with van der Waals surface area (Å²) in [6.07, 6.45) is 1.36. The van der Waals surface area contributed by atoms with Crippen molar-refractivity contribution in [1.82, 2.24) is 9.96 Å². The number of carbonyl (C=O) groups is 2. The Morgan fingerprint density at radius 2 is 1.76 bits per heavy atom. The number of amides is 2. The highest BCUT2D eigenvalue weighted by atomic mass is 35.5.